The summed E-state index contributed by atoms with van der Waals surface area (Å²) in [7, 11) is 0. The van der Waals surface area contributed by atoms with Crippen molar-refractivity contribution >= 4 is 0 Å². The maximum atomic E-state index is 2.48. The summed E-state index contributed by atoms with van der Waals surface area (Å²) in [5, 5.41) is 0. The summed E-state index contributed by atoms with van der Waals surface area (Å²) in [6.07, 6.45) is 13.9. The fourth-order valence-corrected chi connectivity index (χ4v) is 2.73. The smallest absolute Gasteiger partial charge is 0.234 e. The molecule has 19 heavy (non-hydrogen) atoms. The Morgan fingerprint density at radius 3 is 2.32 bits per heavy atom. The van der Waals surface area contributed by atoms with Gasteiger partial charge in [-0.15, -0.1) is 0 Å². The van der Waals surface area contributed by atoms with Gasteiger partial charge in [-0.05, 0) is 19.3 Å². The van der Waals surface area contributed by atoms with E-state index < -0.39 is 0 Å². The molecule has 0 bridgehead atoms. The van der Waals surface area contributed by atoms with E-state index in [-0.39, 0.29) is 0 Å². The molecule has 0 aromatic carbocycles. The minimum absolute atomic E-state index is 0.613. The molecule has 1 heterocycles. The molecule has 0 N–H and O–H groups in total. The van der Waals surface area contributed by atoms with Gasteiger partial charge in [-0.2, -0.15) is 0 Å². The first-order valence-corrected chi connectivity index (χ1v) is 8.29. The quantitative estimate of drug-likeness (QED) is 0.429. The summed E-state index contributed by atoms with van der Waals surface area (Å²) < 4.78 is 4.94. The first kappa shape index (κ1) is 16.3. The third-order valence-electron chi connectivity index (χ3n) is 3.79. The van der Waals surface area contributed by atoms with Crippen LogP contribution in [0.15, 0.2) is 12.4 Å². The van der Waals surface area contributed by atoms with Crippen LogP contribution in [0.4, 0.5) is 0 Å². The minimum atomic E-state index is 0.613. The van der Waals surface area contributed by atoms with E-state index in [0.717, 1.165) is 0 Å². The second kappa shape index (κ2) is 9.17. The maximum Gasteiger partial charge on any atom is 0.258 e. The van der Waals surface area contributed by atoms with E-state index in [1.807, 2.05) is 0 Å². The predicted molar refractivity (Wildman–Crippen MR) is 82.4 cm³/mol. The molecule has 0 atom stereocenters. The van der Waals surface area contributed by atoms with Crippen molar-refractivity contribution in [1.29, 1.82) is 0 Å². The second-order valence-electron chi connectivity index (χ2n) is 5.97. The van der Waals surface area contributed by atoms with Crippen LogP contribution in [-0.2, 0) is 13.1 Å². The largest absolute Gasteiger partial charge is 0.258 e. The van der Waals surface area contributed by atoms with Crippen molar-refractivity contribution in [3.05, 3.63) is 18.2 Å². The molecule has 0 saturated heterocycles. The number of hydrogen-bond acceptors (Lipinski definition) is 0. The molecule has 1 aromatic rings. The summed E-state index contributed by atoms with van der Waals surface area (Å²) in [4.78, 5) is 0. The molecule has 0 saturated carbocycles. The summed E-state index contributed by atoms with van der Waals surface area (Å²) in [5.74, 6) is 2.12. The van der Waals surface area contributed by atoms with Gasteiger partial charge in [0.2, 0.25) is 0 Å². The Morgan fingerprint density at radius 1 is 1.00 bits per heavy atom. The molecule has 0 radical (unpaired) electrons. The zero-order valence-electron chi connectivity index (χ0n) is 13.5. The third kappa shape index (κ3) is 5.38. The average Bonchev–Trinajstić information content (AvgIpc) is 2.79. The van der Waals surface area contributed by atoms with Gasteiger partial charge in [-0.3, -0.25) is 0 Å². The molecule has 0 fully saturated rings. The van der Waals surface area contributed by atoms with Crippen molar-refractivity contribution in [2.24, 2.45) is 0 Å². The van der Waals surface area contributed by atoms with Crippen LogP contribution in [-0.4, -0.2) is 4.57 Å². The Hall–Kier alpha value is -0.790. The Kier molecular flexibility index (Phi) is 7.85. The van der Waals surface area contributed by atoms with Gasteiger partial charge in [0, 0.05) is 0 Å². The molecule has 0 aliphatic carbocycles. The van der Waals surface area contributed by atoms with Gasteiger partial charge in [0.05, 0.1) is 19.0 Å². The number of imidazole rings is 1. The maximum absolute atomic E-state index is 2.48. The van der Waals surface area contributed by atoms with Crippen LogP contribution in [0.1, 0.15) is 84.4 Å². The lowest BCUT2D eigenvalue weighted by molar-refractivity contribution is -0.705. The van der Waals surface area contributed by atoms with Crippen LogP contribution < -0.4 is 4.57 Å². The van der Waals surface area contributed by atoms with Crippen molar-refractivity contribution < 1.29 is 4.57 Å². The Labute approximate surface area is 119 Å². The number of nitrogens with zero attached hydrogens (tertiary/aromatic N) is 2. The van der Waals surface area contributed by atoms with Crippen molar-refractivity contribution in [3.8, 4) is 0 Å². The highest BCUT2D eigenvalue weighted by molar-refractivity contribution is 4.89. The first-order chi connectivity index (χ1) is 9.20. The third-order valence-corrected chi connectivity index (χ3v) is 3.79. The SMILES string of the molecule is CCCCCCC[n+]1ccn(CCCC)c1C(C)C. The first-order valence-electron chi connectivity index (χ1n) is 8.29. The summed E-state index contributed by atoms with van der Waals surface area (Å²) in [5.41, 5.74) is 0. The zero-order valence-corrected chi connectivity index (χ0v) is 13.5. The number of aromatic nitrogens is 2. The van der Waals surface area contributed by atoms with E-state index >= 15 is 0 Å². The van der Waals surface area contributed by atoms with E-state index in [4.69, 9.17) is 0 Å². The zero-order chi connectivity index (χ0) is 14.1. The molecule has 2 nitrogen and oxygen atoms in total. The van der Waals surface area contributed by atoms with Crippen LogP contribution >= 0.6 is 0 Å². The average molecular weight is 265 g/mol. The molecule has 1 rings (SSSR count). The topological polar surface area (TPSA) is 8.81 Å². The van der Waals surface area contributed by atoms with Crippen molar-refractivity contribution in [1.82, 2.24) is 4.57 Å². The van der Waals surface area contributed by atoms with Crippen LogP contribution in [0.5, 0.6) is 0 Å². The summed E-state index contributed by atoms with van der Waals surface area (Å²) in [6.45, 7) is 11.5. The number of hydrogen-bond donors (Lipinski definition) is 0. The molecular weight excluding hydrogens is 232 g/mol. The Balaban J connectivity index is 2.54. The van der Waals surface area contributed by atoms with Crippen molar-refractivity contribution in [2.75, 3.05) is 0 Å². The van der Waals surface area contributed by atoms with Crippen LogP contribution in [0.2, 0.25) is 0 Å². The highest BCUT2D eigenvalue weighted by atomic mass is 15.1. The molecular formula is C17H33N2+. The molecule has 0 aliphatic heterocycles. The summed E-state index contributed by atoms with van der Waals surface area (Å²) >= 11 is 0. The van der Waals surface area contributed by atoms with Gasteiger partial charge in [-0.25, -0.2) is 9.13 Å². The van der Waals surface area contributed by atoms with E-state index in [1.54, 1.807) is 0 Å². The lowest BCUT2D eigenvalue weighted by Gasteiger charge is -2.07. The van der Waals surface area contributed by atoms with Crippen LogP contribution in [0.25, 0.3) is 0 Å². The Morgan fingerprint density at radius 2 is 1.68 bits per heavy atom. The standard InChI is InChI=1S/C17H33N2/c1-5-7-9-10-11-13-19-15-14-18(12-8-6-2)17(19)16(3)4/h14-16H,5-13H2,1-4H3/q+1. The van der Waals surface area contributed by atoms with Gasteiger partial charge >= 0.3 is 0 Å². The van der Waals surface area contributed by atoms with Gasteiger partial charge in [0.15, 0.2) is 0 Å². The lowest BCUT2D eigenvalue weighted by atomic mass is 10.1. The van der Waals surface area contributed by atoms with Gasteiger partial charge in [0.25, 0.3) is 5.82 Å². The van der Waals surface area contributed by atoms with Crippen molar-refractivity contribution in [2.45, 2.75) is 91.6 Å². The van der Waals surface area contributed by atoms with E-state index in [9.17, 15) is 0 Å². The molecule has 0 aliphatic rings. The van der Waals surface area contributed by atoms with Gasteiger partial charge < -0.3 is 0 Å². The van der Waals surface area contributed by atoms with Crippen molar-refractivity contribution in [3.63, 3.8) is 0 Å². The fraction of sp³-hybridized carbons (Fsp3) is 0.824. The number of aryl methyl sites for hydroxylation is 2. The van der Waals surface area contributed by atoms with Gasteiger partial charge in [0.1, 0.15) is 12.4 Å². The normalized spacial score (nSPS) is 11.4. The highest BCUT2D eigenvalue weighted by Crippen LogP contribution is 2.12. The fourth-order valence-electron chi connectivity index (χ4n) is 2.73. The monoisotopic (exact) mass is 265 g/mol. The highest BCUT2D eigenvalue weighted by Gasteiger charge is 2.19. The van der Waals surface area contributed by atoms with E-state index in [1.165, 1.54) is 63.9 Å². The number of rotatable bonds is 10. The van der Waals surface area contributed by atoms with E-state index in [2.05, 4.69) is 49.2 Å². The minimum Gasteiger partial charge on any atom is -0.234 e. The van der Waals surface area contributed by atoms with Crippen LogP contribution in [0.3, 0.4) is 0 Å². The lowest BCUT2D eigenvalue weighted by Crippen LogP contribution is -2.38. The molecule has 0 amide bonds. The molecule has 1 aromatic heterocycles. The summed E-state index contributed by atoms with van der Waals surface area (Å²) in [6, 6.07) is 0. The molecule has 0 unspecified atom stereocenters. The van der Waals surface area contributed by atoms with Gasteiger partial charge in [-0.1, -0.05) is 53.4 Å². The van der Waals surface area contributed by atoms with E-state index in [0.29, 0.717) is 5.92 Å². The predicted octanol–water partition coefficient (Wildman–Crippen LogP) is 4.67. The molecule has 110 valence electrons. The molecule has 0 spiro atoms. The molecule has 2 heteroatoms. The number of unbranched alkanes of at least 4 members (excludes halogenated alkanes) is 5. The Bertz CT molecular complexity index is 339. The van der Waals surface area contributed by atoms with Crippen LogP contribution in [0, 0.1) is 0 Å². The second-order valence-corrected chi connectivity index (χ2v) is 5.97.